The van der Waals surface area contributed by atoms with Crippen molar-refractivity contribution in [3.63, 3.8) is 0 Å². The summed E-state index contributed by atoms with van der Waals surface area (Å²) in [5.74, 6) is -0.474. The summed E-state index contributed by atoms with van der Waals surface area (Å²) in [6, 6.07) is 1.98. The third kappa shape index (κ3) is 7.65. The van der Waals surface area contributed by atoms with Crippen molar-refractivity contribution < 1.29 is 18.0 Å². The summed E-state index contributed by atoms with van der Waals surface area (Å²) in [5, 5.41) is 5.47. The van der Waals surface area contributed by atoms with E-state index in [1.165, 1.54) is 4.90 Å². The van der Waals surface area contributed by atoms with Crippen molar-refractivity contribution in [2.75, 3.05) is 32.7 Å². The fourth-order valence-electron chi connectivity index (χ4n) is 2.79. The molecule has 2 unspecified atom stereocenters. The quantitative estimate of drug-likeness (QED) is 0.747. The molecule has 26 heavy (non-hydrogen) atoms. The number of piperazine rings is 1. The smallest absolute Gasteiger partial charge is 0.354 e. The lowest BCUT2D eigenvalue weighted by Gasteiger charge is -2.36. The molecule has 1 aliphatic heterocycles. The fourth-order valence-corrected chi connectivity index (χ4v) is 2.79. The molecule has 1 aliphatic rings. The van der Waals surface area contributed by atoms with Crippen LogP contribution in [0, 0.1) is 0 Å². The van der Waals surface area contributed by atoms with Crippen LogP contribution in [0.5, 0.6) is 0 Å². The van der Waals surface area contributed by atoms with Crippen molar-refractivity contribution in [3.8, 4) is 0 Å². The van der Waals surface area contributed by atoms with Gasteiger partial charge < -0.3 is 10.6 Å². The first kappa shape index (κ1) is 24.9. The monoisotopic (exact) mass is 416 g/mol. The Morgan fingerprint density at radius 3 is 2.54 bits per heavy atom. The first-order chi connectivity index (χ1) is 11.4. The third-order valence-electron chi connectivity index (χ3n) is 4.21. The number of rotatable bonds is 6. The van der Waals surface area contributed by atoms with Gasteiger partial charge in [0, 0.05) is 51.5 Å². The molecule has 150 valence electrons. The second-order valence-corrected chi connectivity index (χ2v) is 6.04. The lowest BCUT2D eigenvalue weighted by Crippen LogP contribution is -2.57. The molecular formula is C16H25Cl2F3N4O. The van der Waals surface area contributed by atoms with E-state index >= 15 is 0 Å². The number of nitrogens with zero attached hydrogens (tertiary/aromatic N) is 2. The summed E-state index contributed by atoms with van der Waals surface area (Å²) < 4.78 is 39.8. The van der Waals surface area contributed by atoms with Crippen LogP contribution in [-0.2, 0) is 4.79 Å². The Morgan fingerprint density at radius 1 is 1.35 bits per heavy atom. The van der Waals surface area contributed by atoms with Gasteiger partial charge in [-0.05, 0) is 17.5 Å². The summed E-state index contributed by atoms with van der Waals surface area (Å²) in [4.78, 5) is 17.4. The van der Waals surface area contributed by atoms with Gasteiger partial charge in [0.1, 0.15) is 6.04 Å². The van der Waals surface area contributed by atoms with Crippen molar-refractivity contribution in [1.82, 2.24) is 20.5 Å². The maximum atomic E-state index is 13.3. The van der Waals surface area contributed by atoms with Crippen LogP contribution in [-0.4, -0.2) is 60.7 Å². The van der Waals surface area contributed by atoms with Gasteiger partial charge >= 0.3 is 6.18 Å². The number of pyridine rings is 1. The Bertz CT molecular complexity index is 528. The fraction of sp³-hybridized carbons (Fsp3) is 0.625. The minimum absolute atomic E-state index is 0. The van der Waals surface area contributed by atoms with E-state index < -0.39 is 18.8 Å². The van der Waals surface area contributed by atoms with Gasteiger partial charge in [-0.15, -0.1) is 24.8 Å². The molecule has 1 fully saturated rings. The molecule has 0 aromatic carbocycles. The molecule has 1 saturated heterocycles. The zero-order valence-electron chi connectivity index (χ0n) is 14.5. The average molecular weight is 417 g/mol. The van der Waals surface area contributed by atoms with Gasteiger partial charge in [0.2, 0.25) is 5.91 Å². The normalized spacial score (nSPS) is 17.4. The van der Waals surface area contributed by atoms with Crippen molar-refractivity contribution in [2.24, 2.45) is 0 Å². The van der Waals surface area contributed by atoms with Gasteiger partial charge in [-0.25, -0.2) is 0 Å². The molecule has 0 bridgehead atoms. The van der Waals surface area contributed by atoms with Crippen molar-refractivity contribution in [3.05, 3.63) is 30.1 Å². The molecule has 0 saturated carbocycles. The van der Waals surface area contributed by atoms with Crippen LogP contribution < -0.4 is 10.6 Å². The van der Waals surface area contributed by atoms with Gasteiger partial charge in [0.15, 0.2) is 0 Å². The lowest BCUT2D eigenvalue weighted by molar-refractivity contribution is -0.184. The number of aromatic nitrogens is 1. The molecule has 1 aromatic heterocycles. The molecule has 0 aliphatic carbocycles. The lowest BCUT2D eigenvalue weighted by atomic mass is 9.99. The van der Waals surface area contributed by atoms with Crippen LogP contribution in [0.15, 0.2) is 24.5 Å². The minimum atomic E-state index is -4.36. The Hall–Kier alpha value is -1.09. The number of carbonyl (C=O) groups excluding carboxylic acids is 1. The molecule has 10 heteroatoms. The van der Waals surface area contributed by atoms with Gasteiger partial charge in [0.05, 0.1) is 0 Å². The Morgan fingerprint density at radius 2 is 2.00 bits per heavy atom. The topological polar surface area (TPSA) is 57.3 Å². The predicted octanol–water partition coefficient (Wildman–Crippen LogP) is 2.37. The zero-order valence-corrected chi connectivity index (χ0v) is 16.1. The Kier molecular flexibility index (Phi) is 11.1. The molecule has 5 nitrogen and oxygen atoms in total. The van der Waals surface area contributed by atoms with Crippen molar-refractivity contribution in [2.45, 2.75) is 31.5 Å². The molecule has 1 amide bonds. The van der Waals surface area contributed by atoms with Crippen molar-refractivity contribution in [1.29, 1.82) is 0 Å². The third-order valence-corrected chi connectivity index (χ3v) is 4.21. The SMILES string of the molecule is CC(CC(=O)NCC(N1CCNCC1)C(F)(F)F)c1cccnc1.Cl.Cl. The van der Waals surface area contributed by atoms with Gasteiger partial charge in [-0.2, -0.15) is 13.2 Å². The number of hydrogen-bond acceptors (Lipinski definition) is 4. The number of carbonyl (C=O) groups is 1. The molecule has 0 radical (unpaired) electrons. The van der Waals surface area contributed by atoms with Gasteiger partial charge in [0.25, 0.3) is 0 Å². The average Bonchev–Trinajstić information content (AvgIpc) is 2.55. The molecule has 2 rings (SSSR count). The first-order valence-corrected chi connectivity index (χ1v) is 8.06. The summed E-state index contributed by atoms with van der Waals surface area (Å²) >= 11 is 0. The van der Waals surface area contributed by atoms with E-state index in [1.54, 1.807) is 18.5 Å². The number of hydrogen-bond donors (Lipinski definition) is 2. The summed E-state index contributed by atoms with van der Waals surface area (Å²) in [6.07, 6.45) is -0.924. The molecule has 0 spiro atoms. The van der Waals surface area contributed by atoms with Crippen LogP contribution >= 0.6 is 24.8 Å². The Balaban J connectivity index is 0.00000312. The number of alkyl halides is 3. The molecule has 2 heterocycles. The van der Waals surface area contributed by atoms with E-state index in [1.807, 2.05) is 13.0 Å². The first-order valence-electron chi connectivity index (χ1n) is 8.06. The second-order valence-electron chi connectivity index (χ2n) is 6.04. The minimum Gasteiger partial charge on any atom is -0.354 e. The van der Waals surface area contributed by atoms with E-state index in [-0.39, 0.29) is 43.1 Å². The maximum absolute atomic E-state index is 13.3. The second kappa shape index (κ2) is 11.6. The zero-order chi connectivity index (χ0) is 17.6. The highest BCUT2D eigenvalue weighted by Crippen LogP contribution is 2.25. The van der Waals surface area contributed by atoms with Crippen LogP contribution in [0.3, 0.4) is 0 Å². The Labute approximate surface area is 163 Å². The molecule has 2 N–H and O–H groups in total. The summed E-state index contributed by atoms with van der Waals surface area (Å²) in [7, 11) is 0. The van der Waals surface area contributed by atoms with E-state index in [0.29, 0.717) is 26.2 Å². The largest absolute Gasteiger partial charge is 0.405 e. The molecular weight excluding hydrogens is 392 g/mol. The number of halogens is 5. The van der Waals surface area contributed by atoms with E-state index in [4.69, 9.17) is 0 Å². The number of amides is 1. The molecule has 2 atom stereocenters. The predicted molar refractivity (Wildman–Crippen MR) is 99.1 cm³/mol. The highest BCUT2D eigenvalue weighted by Gasteiger charge is 2.43. The van der Waals surface area contributed by atoms with Crippen LogP contribution in [0.25, 0.3) is 0 Å². The van der Waals surface area contributed by atoms with E-state index in [9.17, 15) is 18.0 Å². The highest BCUT2D eigenvalue weighted by molar-refractivity contribution is 5.85. The maximum Gasteiger partial charge on any atom is 0.405 e. The van der Waals surface area contributed by atoms with Crippen LogP contribution in [0.1, 0.15) is 24.8 Å². The highest BCUT2D eigenvalue weighted by atomic mass is 35.5. The molecule has 1 aromatic rings. The van der Waals surface area contributed by atoms with E-state index in [0.717, 1.165) is 5.56 Å². The van der Waals surface area contributed by atoms with E-state index in [2.05, 4.69) is 15.6 Å². The van der Waals surface area contributed by atoms with Crippen LogP contribution in [0.2, 0.25) is 0 Å². The summed E-state index contributed by atoms with van der Waals surface area (Å²) in [6.45, 7) is 3.14. The van der Waals surface area contributed by atoms with Crippen molar-refractivity contribution >= 4 is 30.7 Å². The van der Waals surface area contributed by atoms with Crippen LogP contribution in [0.4, 0.5) is 13.2 Å². The van der Waals surface area contributed by atoms with Gasteiger partial charge in [-0.3, -0.25) is 14.7 Å². The van der Waals surface area contributed by atoms with Gasteiger partial charge in [-0.1, -0.05) is 13.0 Å². The standard InChI is InChI=1S/C16H23F3N4O.2ClH/c1-12(13-3-2-4-21-10-13)9-15(24)22-11-14(16(17,18)19)23-7-5-20-6-8-23;;/h2-4,10,12,14,20H,5-9,11H2,1H3,(H,22,24);2*1H. The number of nitrogens with one attached hydrogen (secondary N) is 2. The summed E-state index contributed by atoms with van der Waals surface area (Å²) in [5.41, 5.74) is 0.891.